The number of nitrogens with one attached hydrogen (secondary N) is 1. The molecule has 0 fully saturated rings. The van der Waals surface area contributed by atoms with E-state index in [9.17, 15) is 16.8 Å². The minimum Gasteiger partial charge on any atom is -0.497 e. The molecule has 186 valence electrons. The third-order valence-corrected chi connectivity index (χ3v) is 9.31. The van der Waals surface area contributed by atoms with E-state index in [1.807, 2.05) is 12.1 Å². The van der Waals surface area contributed by atoms with E-state index in [2.05, 4.69) is 25.5 Å². The highest BCUT2D eigenvalue weighted by molar-refractivity contribution is 7.93. The van der Waals surface area contributed by atoms with E-state index in [0.717, 1.165) is 11.1 Å². The van der Waals surface area contributed by atoms with Gasteiger partial charge in [0, 0.05) is 12.2 Å². The van der Waals surface area contributed by atoms with Crippen molar-refractivity contribution < 1.29 is 21.6 Å². The normalized spacial score (nSPS) is 14.3. The van der Waals surface area contributed by atoms with Crippen LogP contribution in [0.5, 0.6) is 5.75 Å². The van der Waals surface area contributed by atoms with E-state index >= 15 is 0 Å². The van der Waals surface area contributed by atoms with E-state index in [1.54, 1.807) is 42.5 Å². The zero-order valence-electron chi connectivity index (χ0n) is 20.3. The summed E-state index contributed by atoms with van der Waals surface area (Å²) in [5.41, 5.74) is 2.70. The molecule has 0 saturated heterocycles. The summed E-state index contributed by atoms with van der Waals surface area (Å²) in [7, 11) is -6.03. The Morgan fingerprint density at radius 2 is 1.49 bits per heavy atom. The smallest absolute Gasteiger partial charge is 0.264 e. The van der Waals surface area contributed by atoms with Crippen LogP contribution < -0.4 is 13.8 Å². The van der Waals surface area contributed by atoms with Crippen LogP contribution >= 0.6 is 0 Å². The summed E-state index contributed by atoms with van der Waals surface area (Å²) in [5, 5.41) is 0. The van der Waals surface area contributed by atoms with Crippen molar-refractivity contribution >= 4 is 31.4 Å². The molecule has 0 aliphatic carbocycles. The molecule has 3 aromatic rings. The highest BCUT2D eigenvalue weighted by Crippen LogP contribution is 2.35. The van der Waals surface area contributed by atoms with Crippen molar-refractivity contribution in [2.24, 2.45) is 0 Å². The lowest BCUT2D eigenvalue weighted by atomic mass is 9.87. The Morgan fingerprint density at radius 3 is 2.09 bits per heavy atom. The van der Waals surface area contributed by atoms with Gasteiger partial charge in [0.2, 0.25) is 0 Å². The average Bonchev–Trinajstić information content (AvgIpc) is 2.83. The quantitative estimate of drug-likeness (QED) is 0.503. The van der Waals surface area contributed by atoms with Gasteiger partial charge in [0.15, 0.2) is 0 Å². The third-order valence-electron chi connectivity index (χ3n) is 6.09. The van der Waals surface area contributed by atoms with Crippen LogP contribution in [0.4, 0.5) is 11.4 Å². The van der Waals surface area contributed by atoms with Crippen LogP contribution in [0.15, 0.2) is 76.5 Å². The topological polar surface area (TPSA) is 92.8 Å². The standard InChI is InChI=1S/C26H30N2O5S2/c1-26(2,3)20-7-12-23(13-8-20)34(29,30)27-21-9-16-25-19(18-21)6-5-17-28(25)35(31,32)24-14-10-22(33-4)11-15-24/h7-16,18,27H,5-6,17H2,1-4H3. The number of benzene rings is 3. The van der Waals surface area contributed by atoms with E-state index in [0.29, 0.717) is 36.5 Å². The number of ether oxygens (including phenoxy) is 1. The lowest BCUT2D eigenvalue weighted by molar-refractivity contribution is 0.414. The number of aryl methyl sites for hydroxylation is 1. The van der Waals surface area contributed by atoms with Gasteiger partial charge in [-0.1, -0.05) is 32.9 Å². The zero-order chi connectivity index (χ0) is 25.4. The van der Waals surface area contributed by atoms with Gasteiger partial charge in [-0.15, -0.1) is 0 Å². The molecule has 9 heteroatoms. The summed E-state index contributed by atoms with van der Waals surface area (Å²) in [4.78, 5) is 0.349. The molecule has 0 bridgehead atoms. The van der Waals surface area contributed by atoms with Gasteiger partial charge in [0.05, 0.1) is 22.6 Å². The molecular weight excluding hydrogens is 484 g/mol. The molecule has 1 N–H and O–H groups in total. The number of hydrogen-bond donors (Lipinski definition) is 1. The number of fused-ring (bicyclic) bond motifs is 1. The fourth-order valence-corrected chi connectivity index (χ4v) is 6.69. The molecule has 1 aliphatic heterocycles. The number of sulfonamides is 2. The van der Waals surface area contributed by atoms with E-state index in [1.165, 1.54) is 23.5 Å². The number of nitrogens with zero attached hydrogens (tertiary/aromatic N) is 1. The van der Waals surface area contributed by atoms with Crippen LogP contribution in [0.1, 0.15) is 38.3 Å². The fourth-order valence-electron chi connectivity index (χ4n) is 4.10. The van der Waals surface area contributed by atoms with Gasteiger partial charge in [-0.25, -0.2) is 16.8 Å². The van der Waals surface area contributed by atoms with E-state index < -0.39 is 20.0 Å². The summed E-state index contributed by atoms with van der Waals surface area (Å²) in [6, 6.07) is 18.1. The minimum atomic E-state index is -3.79. The summed E-state index contributed by atoms with van der Waals surface area (Å²) in [5.74, 6) is 0.577. The Morgan fingerprint density at radius 1 is 0.857 bits per heavy atom. The maximum Gasteiger partial charge on any atom is 0.264 e. The number of anilines is 2. The van der Waals surface area contributed by atoms with Gasteiger partial charge >= 0.3 is 0 Å². The monoisotopic (exact) mass is 514 g/mol. The summed E-state index contributed by atoms with van der Waals surface area (Å²) < 4.78 is 61.7. The second-order valence-electron chi connectivity index (χ2n) is 9.58. The molecule has 3 aromatic carbocycles. The molecule has 0 amide bonds. The van der Waals surface area contributed by atoms with Crippen molar-refractivity contribution in [3.63, 3.8) is 0 Å². The number of rotatable bonds is 6. The van der Waals surface area contributed by atoms with Crippen molar-refractivity contribution in [1.29, 1.82) is 0 Å². The molecule has 0 radical (unpaired) electrons. The SMILES string of the molecule is COc1ccc(S(=O)(=O)N2CCCc3cc(NS(=O)(=O)c4ccc(C(C)(C)C)cc4)ccc32)cc1. The van der Waals surface area contributed by atoms with Gasteiger partial charge in [-0.3, -0.25) is 9.03 Å². The average molecular weight is 515 g/mol. The molecular formula is C26H30N2O5S2. The van der Waals surface area contributed by atoms with Crippen LogP contribution in [0.25, 0.3) is 0 Å². The van der Waals surface area contributed by atoms with Crippen LogP contribution in [0.2, 0.25) is 0 Å². The highest BCUT2D eigenvalue weighted by Gasteiger charge is 2.29. The fraction of sp³-hybridized carbons (Fsp3) is 0.308. The zero-order valence-corrected chi connectivity index (χ0v) is 21.9. The highest BCUT2D eigenvalue weighted by atomic mass is 32.2. The molecule has 1 heterocycles. The van der Waals surface area contributed by atoms with Gasteiger partial charge in [-0.2, -0.15) is 0 Å². The second-order valence-corrected chi connectivity index (χ2v) is 13.1. The van der Waals surface area contributed by atoms with Crippen molar-refractivity contribution in [2.75, 3.05) is 22.7 Å². The maximum atomic E-state index is 13.3. The Labute approximate surface area is 207 Å². The molecule has 7 nitrogen and oxygen atoms in total. The Bertz CT molecular complexity index is 1420. The minimum absolute atomic E-state index is 0.0771. The Hall–Kier alpha value is -3.04. The van der Waals surface area contributed by atoms with Gasteiger partial charge in [-0.05, 0) is 84.0 Å². The van der Waals surface area contributed by atoms with Crippen LogP contribution in [-0.4, -0.2) is 30.5 Å². The molecule has 1 aliphatic rings. The predicted octanol–water partition coefficient (Wildman–Crippen LogP) is 4.94. The molecule has 0 unspecified atom stereocenters. The van der Waals surface area contributed by atoms with Crippen LogP contribution in [-0.2, 0) is 31.9 Å². The first-order valence-electron chi connectivity index (χ1n) is 11.3. The lowest BCUT2D eigenvalue weighted by Crippen LogP contribution is -2.35. The van der Waals surface area contributed by atoms with Crippen LogP contribution in [0.3, 0.4) is 0 Å². The third kappa shape index (κ3) is 5.16. The van der Waals surface area contributed by atoms with Crippen molar-refractivity contribution in [3.8, 4) is 5.75 Å². The van der Waals surface area contributed by atoms with Crippen molar-refractivity contribution in [1.82, 2.24) is 0 Å². The molecule has 0 atom stereocenters. The Balaban J connectivity index is 1.60. The molecule has 0 spiro atoms. The van der Waals surface area contributed by atoms with Crippen LogP contribution in [0, 0.1) is 0 Å². The summed E-state index contributed by atoms with van der Waals surface area (Å²) in [6.45, 7) is 6.56. The summed E-state index contributed by atoms with van der Waals surface area (Å²) >= 11 is 0. The van der Waals surface area contributed by atoms with Gasteiger partial charge in [0.25, 0.3) is 20.0 Å². The van der Waals surface area contributed by atoms with Crippen molar-refractivity contribution in [2.45, 2.75) is 48.8 Å². The first-order chi connectivity index (χ1) is 16.4. The molecule has 35 heavy (non-hydrogen) atoms. The van der Waals surface area contributed by atoms with E-state index in [-0.39, 0.29) is 15.2 Å². The first kappa shape index (κ1) is 25.1. The first-order valence-corrected chi connectivity index (χ1v) is 14.3. The van der Waals surface area contributed by atoms with Gasteiger partial charge < -0.3 is 4.74 Å². The summed E-state index contributed by atoms with van der Waals surface area (Å²) in [6.07, 6.45) is 1.28. The Kier molecular flexibility index (Phi) is 6.59. The van der Waals surface area contributed by atoms with Gasteiger partial charge in [0.1, 0.15) is 5.75 Å². The predicted molar refractivity (Wildman–Crippen MR) is 138 cm³/mol. The molecule has 0 aromatic heterocycles. The maximum absolute atomic E-state index is 13.3. The van der Waals surface area contributed by atoms with E-state index in [4.69, 9.17) is 4.74 Å². The number of methoxy groups -OCH3 is 1. The lowest BCUT2D eigenvalue weighted by Gasteiger charge is -2.31. The van der Waals surface area contributed by atoms with Crippen molar-refractivity contribution in [3.05, 3.63) is 77.9 Å². The molecule has 0 saturated carbocycles. The number of hydrogen-bond acceptors (Lipinski definition) is 5. The second kappa shape index (κ2) is 9.20. The molecule has 4 rings (SSSR count). The largest absolute Gasteiger partial charge is 0.497 e.